The Morgan fingerprint density at radius 3 is 2.56 bits per heavy atom. The lowest BCUT2D eigenvalue weighted by molar-refractivity contribution is -0.156. The molecule has 0 aromatic rings. The highest BCUT2D eigenvalue weighted by Crippen LogP contribution is 2.22. The van der Waals surface area contributed by atoms with E-state index in [0.717, 1.165) is 0 Å². The standard InChI is InChI=1S/C8H17NO6P/c1-15-16(14)3-2-7(11)4-8(12)5-9(13)6-10/h6-8,11-13H,2-5H2,1H3/q+1/t7-,8-/m1/s1. The summed E-state index contributed by atoms with van der Waals surface area (Å²) in [4.78, 5) is 10.0. The van der Waals surface area contributed by atoms with Crippen molar-refractivity contribution >= 4 is 14.4 Å². The smallest absolute Gasteiger partial charge is 0.393 e. The summed E-state index contributed by atoms with van der Waals surface area (Å²) in [6.45, 7) is -0.267. The summed E-state index contributed by atoms with van der Waals surface area (Å²) in [5, 5.41) is 27.8. The Bertz CT molecular complexity index is 227. The van der Waals surface area contributed by atoms with E-state index in [1.165, 1.54) is 7.11 Å². The molecular formula is C8H17NO6P+. The molecule has 7 nitrogen and oxygen atoms in total. The number of aliphatic hydroxyl groups excluding tert-OH is 2. The fourth-order valence-electron chi connectivity index (χ4n) is 1.11. The first kappa shape index (κ1) is 15.4. The number of hydrogen-bond donors (Lipinski definition) is 3. The van der Waals surface area contributed by atoms with Crippen molar-refractivity contribution in [2.24, 2.45) is 0 Å². The molecule has 8 heteroatoms. The molecule has 0 rings (SSSR count). The van der Waals surface area contributed by atoms with E-state index < -0.39 is 20.2 Å². The summed E-state index contributed by atoms with van der Waals surface area (Å²) in [6.07, 6.45) is -1.27. The van der Waals surface area contributed by atoms with Gasteiger partial charge in [-0.2, -0.15) is 0 Å². The third-order valence-corrected chi connectivity index (χ3v) is 2.94. The van der Waals surface area contributed by atoms with Crippen LogP contribution in [0.5, 0.6) is 0 Å². The molecule has 0 fully saturated rings. The van der Waals surface area contributed by atoms with Crippen molar-refractivity contribution in [1.82, 2.24) is 5.06 Å². The molecule has 0 saturated carbocycles. The molecule has 0 bridgehead atoms. The van der Waals surface area contributed by atoms with Crippen molar-refractivity contribution in [3.05, 3.63) is 0 Å². The van der Waals surface area contributed by atoms with Crippen LogP contribution in [0.4, 0.5) is 0 Å². The third kappa shape index (κ3) is 7.67. The van der Waals surface area contributed by atoms with Crippen molar-refractivity contribution in [3.63, 3.8) is 0 Å². The van der Waals surface area contributed by atoms with E-state index in [1.54, 1.807) is 0 Å². The van der Waals surface area contributed by atoms with Gasteiger partial charge in [-0.15, -0.1) is 4.52 Å². The lowest BCUT2D eigenvalue weighted by Gasteiger charge is -2.16. The van der Waals surface area contributed by atoms with Gasteiger partial charge in [-0.1, -0.05) is 0 Å². The van der Waals surface area contributed by atoms with Gasteiger partial charge in [0.1, 0.15) is 0 Å². The quantitative estimate of drug-likeness (QED) is 0.226. The highest BCUT2D eigenvalue weighted by molar-refractivity contribution is 7.39. The van der Waals surface area contributed by atoms with Crippen LogP contribution in [0.15, 0.2) is 0 Å². The van der Waals surface area contributed by atoms with E-state index in [1.807, 2.05) is 0 Å². The molecule has 3 N–H and O–H groups in total. The fourth-order valence-corrected chi connectivity index (χ4v) is 1.80. The zero-order valence-corrected chi connectivity index (χ0v) is 9.92. The Balaban J connectivity index is 3.73. The summed E-state index contributed by atoms with van der Waals surface area (Å²) >= 11 is 0. The van der Waals surface area contributed by atoms with E-state index in [4.69, 9.17) is 5.21 Å². The molecule has 94 valence electrons. The molecule has 16 heavy (non-hydrogen) atoms. The Morgan fingerprint density at radius 1 is 1.44 bits per heavy atom. The van der Waals surface area contributed by atoms with Crippen LogP contribution in [0.2, 0.25) is 0 Å². The van der Waals surface area contributed by atoms with E-state index in [9.17, 15) is 19.6 Å². The molecule has 0 aliphatic rings. The lowest BCUT2D eigenvalue weighted by Crippen LogP contribution is -2.31. The maximum Gasteiger partial charge on any atom is 0.507 e. The summed E-state index contributed by atoms with van der Waals surface area (Å²) in [5.41, 5.74) is 0. The Labute approximate surface area is 94.5 Å². The predicted octanol–water partition coefficient (Wildman–Crippen LogP) is -0.275. The number of hydrogen-bond acceptors (Lipinski definition) is 6. The van der Waals surface area contributed by atoms with Crippen LogP contribution in [0.3, 0.4) is 0 Å². The van der Waals surface area contributed by atoms with Gasteiger partial charge < -0.3 is 10.2 Å². The molecule has 0 spiro atoms. The van der Waals surface area contributed by atoms with Crippen LogP contribution < -0.4 is 0 Å². The van der Waals surface area contributed by atoms with Gasteiger partial charge in [0.05, 0.1) is 25.9 Å². The first-order valence-electron chi connectivity index (χ1n) is 4.75. The van der Waals surface area contributed by atoms with E-state index in [2.05, 4.69) is 4.52 Å². The van der Waals surface area contributed by atoms with Gasteiger partial charge in [-0.05, 0) is 4.57 Å². The maximum atomic E-state index is 10.9. The van der Waals surface area contributed by atoms with Gasteiger partial charge >= 0.3 is 8.03 Å². The normalized spacial score (nSPS) is 15.4. The molecule has 0 aromatic carbocycles. The Morgan fingerprint density at radius 2 is 2.06 bits per heavy atom. The molecule has 0 radical (unpaired) electrons. The number of hydroxylamine groups is 2. The molecule has 0 aliphatic heterocycles. The second-order valence-electron chi connectivity index (χ2n) is 3.30. The molecule has 0 aromatic heterocycles. The van der Waals surface area contributed by atoms with Crippen LogP contribution in [0.25, 0.3) is 0 Å². The highest BCUT2D eigenvalue weighted by atomic mass is 31.1. The van der Waals surface area contributed by atoms with Crippen molar-refractivity contribution in [2.75, 3.05) is 19.8 Å². The van der Waals surface area contributed by atoms with Crippen LogP contribution >= 0.6 is 8.03 Å². The highest BCUT2D eigenvalue weighted by Gasteiger charge is 2.20. The lowest BCUT2D eigenvalue weighted by atomic mass is 10.1. The molecule has 1 unspecified atom stereocenters. The molecule has 1 amide bonds. The number of carbonyl (C=O) groups excluding carboxylic acids is 1. The van der Waals surface area contributed by atoms with Crippen molar-refractivity contribution in [1.29, 1.82) is 0 Å². The maximum absolute atomic E-state index is 10.9. The first-order chi connectivity index (χ1) is 7.49. The molecule has 3 atom stereocenters. The van der Waals surface area contributed by atoms with Gasteiger partial charge in [0.25, 0.3) is 0 Å². The van der Waals surface area contributed by atoms with Gasteiger partial charge in [0, 0.05) is 12.8 Å². The molecule has 0 saturated heterocycles. The number of rotatable bonds is 9. The van der Waals surface area contributed by atoms with Crippen molar-refractivity contribution in [3.8, 4) is 0 Å². The zero-order valence-electron chi connectivity index (χ0n) is 9.02. The number of carbonyl (C=O) groups is 1. The summed E-state index contributed by atoms with van der Waals surface area (Å²) in [5.74, 6) is 0. The van der Waals surface area contributed by atoms with E-state index in [0.29, 0.717) is 5.06 Å². The van der Waals surface area contributed by atoms with Crippen molar-refractivity contribution < 1.29 is 29.3 Å². The minimum atomic E-state index is -1.76. The van der Waals surface area contributed by atoms with Crippen LogP contribution in [0.1, 0.15) is 12.8 Å². The van der Waals surface area contributed by atoms with Crippen LogP contribution in [-0.4, -0.2) is 58.9 Å². The largest absolute Gasteiger partial charge is 0.507 e. The minimum absolute atomic E-state index is 0.00219. The van der Waals surface area contributed by atoms with E-state index >= 15 is 0 Å². The molecule has 0 heterocycles. The van der Waals surface area contributed by atoms with Gasteiger partial charge in [-0.25, -0.2) is 5.06 Å². The summed E-state index contributed by atoms with van der Waals surface area (Å²) < 4.78 is 15.4. The number of aliphatic hydroxyl groups is 2. The third-order valence-electron chi connectivity index (χ3n) is 1.91. The number of nitrogens with zero attached hydrogens (tertiary/aromatic N) is 1. The topological polar surface area (TPSA) is 107 Å². The Hall–Kier alpha value is -0.590. The monoisotopic (exact) mass is 254 g/mol. The van der Waals surface area contributed by atoms with Crippen LogP contribution in [-0.2, 0) is 13.9 Å². The van der Waals surface area contributed by atoms with Gasteiger partial charge in [0.15, 0.2) is 6.16 Å². The first-order valence-corrected chi connectivity index (χ1v) is 6.11. The van der Waals surface area contributed by atoms with Gasteiger partial charge in [0.2, 0.25) is 6.41 Å². The van der Waals surface area contributed by atoms with E-state index in [-0.39, 0.29) is 32.0 Å². The Kier molecular flexibility index (Phi) is 8.23. The minimum Gasteiger partial charge on any atom is -0.393 e. The predicted molar refractivity (Wildman–Crippen MR) is 55.3 cm³/mol. The zero-order chi connectivity index (χ0) is 12.6. The average Bonchev–Trinajstić information content (AvgIpc) is 2.25. The second-order valence-corrected chi connectivity index (χ2v) is 4.78. The SMILES string of the molecule is CO[P+](=O)CC[C@@H](O)C[C@@H](O)CN(O)C=O. The van der Waals surface area contributed by atoms with Gasteiger partial charge in [-0.3, -0.25) is 10.0 Å². The summed E-state index contributed by atoms with van der Waals surface area (Å²) in [6, 6.07) is 0. The molecule has 0 aliphatic carbocycles. The van der Waals surface area contributed by atoms with Crippen LogP contribution in [0, 0.1) is 0 Å². The average molecular weight is 254 g/mol. The fraction of sp³-hybridized carbons (Fsp3) is 0.875. The second kappa shape index (κ2) is 8.55. The molecular weight excluding hydrogens is 237 g/mol. The van der Waals surface area contributed by atoms with Crippen molar-refractivity contribution in [2.45, 2.75) is 25.0 Å². The summed E-state index contributed by atoms with van der Waals surface area (Å²) in [7, 11) is -0.450. The number of amides is 1.